The quantitative estimate of drug-likeness (QED) is 0.169. The van der Waals surface area contributed by atoms with Gasteiger partial charge in [0.15, 0.2) is 10.2 Å². The highest BCUT2D eigenvalue weighted by atomic mass is 79.9. The maximum Gasteiger partial charge on any atom is 0.271 e. The van der Waals surface area contributed by atoms with Crippen LogP contribution in [0.4, 0.5) is 0 Å². The summed E-state index contributed by atoms with van der Waals surface area (Å²) < 4.78 is 8.21. The second-order valence-electron chi connectivity index (χ2n) is 7.36. The van der Waals surface area contributed by atoms with Crippen molar-refractivity contribution in [2.75, 3.05) is 0 Å². The van der Waals surface area contributed by atoms with E-state index in [4.69, 9.17) is 9.40 Å². The zero-order chi connectivity index (χ0) is 24.2. The number of hydrogen-bond acceptors (Lipinski definition) is 6. The third kappa shape index (κ3) is 5.11. The third-order valence-electron chi connectivity index (χ3n) is 5.00. The Bertz CT molecular complexity index is 1610. The van der Waals surface area contributed by atoms with Gasteiger partial charge in [-0.05, 0) is 66.4 Å². The van der Waals surface area contributed by atoms with Gasteiger partial charge < -0.3 is 4.42 Å². The largest absolute Gasteiger partial charge is 0.448 e. The van der Waals surface area contributed by atoms with E-state index in [2.05, 4.69) is 26.5 Å². The molecule has 9 heteroatoms. The van der Waals surface area contributed by atoms with Crippen LogP contribution < -0.4 is 11.0 Å². The van der Waals surface area contributed by atoms with Crippen molar-refractivity contribution in [3.63, 3.8) is 0 Å². The molecule has 0 radical (unpaired) electrons. The van der Waals surface area contributed by atoms with E-state index in [-0.39, 0.29) is 11.5 Å². The minimum absolute atomic E-state index is 0.159. The molecule has 1 amide bonds. The molecular weight excluding hydrogens is 528 g/mol. The first kappa shape index (κ1) is 22.8. The molecule has 2 heterocycles. The average molecular weight is 545 g/mol. The highest BCUT2D eigenvalue weighted by molar-refractivity contribution is 9.10. The Morgan fingerprint density at radius 1 is 1.00 bits per heavy atom. The van der Waals surface area contributed by atoms with Gasteiger partial charge in [0, 0.05) is 10.0 Å². The number of halogens is 1. The summed E-state index contributed by atoms with van der Waals surface area (Å²) in [5.74, 6) is 0.104. The van der Waals surface area contributed by atoms with Gasteiger partial charge in [0.2, 0.25) is 0 Å². The molecule has 7 nitrogen and oxygen atoms in total. The molecule has 0 unspecified atom stereocenters. The number of amides is 1. The number of nitrogens with zero attached hydrogens (tertiary/aromatic N) is 3. The summed E-state index contributed by atoms with van der Waals surface area (Å²) in [5.41, 5.74) is 4.11. The number of hydrogen-bond donors (Lipinski definition) is 1. The van der Waals surface area contributed by atoms with Crippen LogP contribution in [0, 0.1) is 0 Å². The van der Waals surface area contributed by atoms with Gasteiger partial charge in [-0.1, -0.05) is 52.3 Å². The minimum Gasteiger partial charge on any atom is -0.448 e. The smallest absolute Gasteiger partial charge is 0.271 e. The van der Waals surface area contributed by atoms with E-state index < -0.39 is 0 Å². The van der Waals surface area contributed by atoms with E-state index in [1.54, 1.807) is 41.0 Å². The van der Waals surface area contributed by atoms with E-state index in [1.807, 2.05) is 54.6 Å². The average Bonchev–Trinajstić information content (AvgIpc) is 3.32. The zero-order valence-electron chi connectivity index (χ0n) is 18.1. The van der Waals surface area contributed by atoms with E-state index in [9.17, 15) is 9.59 Å². The van der Waals surface area contributed by atoms with Crippen LogP contribution in [0.1, 0.15) is 16.1 Å². The van der Waals surface area contributed by atoms with Crippen LogP contribution in [0.2, 0.25) is 0 Å². The van der Waals surface area contributed by atoms with Crippen molar-refractivity contribution in [3.05, 3.63) is 117 Å². The summed E-state index contributed by atoms with van der Waals surface area (Å²) in [7, 11) is 0. The predicted octanol–water partition coefficient (Wildman–Crippen LogP) is 5.66. The van der Waals surface area contributed by atoms with Gasteiger partial charge in [-0.15, -0.1) is 0 Å². The molecule has 0 spiro atoms. The molecule has 0 saturated carbocycles. The molecule has 5 rings (SSSR count). The Morgan fingerprint density at radius 2 is 1.80 bits per heavy atom. The second-order valence-corrected chi connectivity index (χ2v) is 9.24. The number of furan rings is 1. The highest BCUT2D eigenvalue weighted by Gasteiger charge is 2.15. The Labute approximate surface area is 212 Å². The predicted molar refractivity (Wildman–Crippen MR) is 139 cm³/mol. The van der Waals surface area contributed by atoms with Crippen LogP contribution in [-0.2, 0) is 0 Å². The van der Waals surface area contributed by atoms with E-state index in [1.165, 1.54) is 18.0 Å². The summed E-state index contributed by atoms with van der Waals surface area (Å²) in [5, 5.41) is 5.51. The molecule has 0 aliphatic carbocycles. The Kier molecular flexibility index (Phi) is 6.60. The summed E-state index contributed by atoms with van der Waals surface area (Å²) >= 11 is 4.57. The Balaban J connectivity index is 1.39. The molecule has 0 bridgehead atoms. The number of para-hydroxylation sites is 2. The molecule has 0 saturated heterocycles. The first-order valence-electron chi connectivity index (χ1n) is 10.5. The Hall–Kier alpha value is -3.95. The van der Waals surface area contributed by atoms with Crippen molar-refractivity contribution >= 4 is 50.7 Å². The zero-order valence-corrected chi connectivity index (χ0v) is 20.5. The van der Waals surface area contributed by atoms with Crippen molar-refractivity contribution in [3.8, 4) is 5.69 Å². The van der Waals surface area contributed by atoms with Crippen LogP contribution in [0.25, 0.3) is 16.6 Å². The van der Waals surface area contributed by atoms with Gasteiger partial charge in [-0.2, -0.15) is 5.10 Å². The first-order chi connectivity index (χ1) is 17.1. The van der Waals surface area contributed by atoms with Crippen molar-refractivity contribution < 1.29 is 9.21 Å². The van der Waals surface area contributed by atoms with E-state index >= 15 is 0 Å². The lowest BCUT2D eigenvalue weighted by Crippen LogP contribution is -2.21. The molecule has 0 aliphatic rings. The normalized spacial score (nSPS) is 11.2. The number of rotatable bonds is 6. The molecule has 3 aromatic carbocycles. The van der Waals surface area contributed by atoms with Gasteiger partial charge in [-0.3, -0.25) is 14.2 Å². The fourth-order valence-corrected chi connectivity index (χ4v) is 4.66. The first-order valence-corrected chi connectivity index (χ1v) is 12.1. The van der Waals surface area contributed by atoms with Gasteiger partial charge in [0.25, 0.3) is 11.5 Å². The topological polar surface area (TPSA) is 89.5 Å². The number of benzene rings is 3. The Morgan fingerprint density at radius 3 is 2.63 bits per heavy atom. The van der Waals surface area contributed by atoms with Crippen molar-refractivity contribution in [2.45, 2.75) is 10.2 Å². The van der Waals surface area contributed by atoms with Gasteiger partial charge >= 0.3 is 0 Å². The van der Waals surface area contributed by atoms with Crippen molar-refractivity contribution in [1.29, 1.82) is 0 Å². The maximum atomic E-state index is 13.3. The molecule has 35 heavy (non-hydrogen) atoms. The summed E-state index contributed by atoms with van der Waals surface area (Å²) in [4.78, 5) is 30.2. The molecule has 172 valence electrons. The number of carbonyl (C=O) groups is 1. The van der Waals surface area contributed by atoms with Crippen LogP contribution in [-0.4, -0.2) is 21.7 Å². The molecule has 0 fully saturated rings. The minimum atomic E-state index is -0.337. The van der Waals surface area contributed by atoms with Crippen LogP contribution >= 0.6 is 27.7 Å². The molecule has 0 aliphatic heterocycles. The van der Waals surface area contributed by atoms with Crippen molar-refractivity contribution in [2.24, 2.45) is 5.10 Å². The molecular formula is C26H17BrN4O3S. The third-order valence-corrected chi connectivity index (χ3v) is 6.37. The van der Waals surface area contributed by atoms with Gasteiger partial charge in [0.05, 0.1) is 22.8 Å². The molecule has 0 atom stereocenters. The number of carbonyl (C=O) groups excluding carboxylic acids is 1. The lowest BCUT2D eigenvalue weighted by Gasteiger charge is -2.12. The molecule has 1 N–H and O–H groups in total. The van der Waals surface area contributed by atoms with Crippen LogP contribution in [0.15, 0.2) is 120 Å². The number of fused-ring (bicyclic) bond motifs is 1. The SMILES string of the molecule is O=C(N/N=C/c1ccc(Sc2nc3ccccc3c(=O)n2-c2ccccc2)o1)c1cccc(Br)c1. The number of nitrogens with one attached hydrogen (secondary N) is 1. The van der Waals surface area contributed by atoms with E-state index in [0.717, 1.165) is 4.47 Å². The lowest BCUT2D eigenvalue weighted by atomic mass is 10.2. The standard InChI is InChI=1S/C26H17BrN4O3S/c27-18-8-6-7-17(15-18)24(32)30-28-16-20-13-14-23(34-20)35-26-29-22-12-5-4-11-21(22)25(33)31(26)19-9-2-1-3-10-19/h1-16H,(H,30,32)/b28-16+. The fourth-order valence-electron chi connectivity index (χ4n) is 3.38. The van der Waals surface area contributed by atoms with Gasteiger partial charge in [0.1, 0.15) is 5.76 Å². The fraction of sp³-hybridized carbons (Fsp3) is 0. The van der Waals surface area contributed by atoms with E-state index in [0.29, 0.717) is 38.2 Å². The monoisotopic (exact) mass is 544 g/mol. The lowest BCUT2D eigenvalue weighted by molar-refractivity contribution is 0.0955. The van der Waals surface area contributed by atoms with Crippen LogP contribution in [0.5, 0.6) is 0 Å². The van der Waals surface area contributed by atoms with Crippen molar-refractivity contribution in [1.82, 2.24) is 15.0 Å². The summed E-state index contributed by atoms with van der Waals surface area (Å²) in [6.45, 7) is 0. The second kappa shape index (κ2) is 10.1. The van der Waals surface area contributed by atoms with Gasteiger partial charge in [-0.25, -0.2) is 10.4 Å². The molecule has 5 aromatic rings. The summed E-state index contributed by atoms with van der Waals surface area (Å²) in [6, 6.07) is 27.1. The molecule has 2 aromatic heterocycles. The number of aromatic nitrogens is 2. The summed E-state index contributed by atoms with van der Waals surface area (Å²) in [6.07, 6.45) is 1.41. The number of hydrazone groups is 1. The maximum absolute atomic E-state index is 13.3. The highest BCUT2D eigenvalue weighted by Crippen LogP contribution is 2.29. The van der Waals surface area contributed by atoms with Crippen LogP contribution in [0.3, 0.4) is 0 Å².